The van der Waals surface area contributed by atoms with Crippen LogP contribution in [0.1, 0.15) is 58.3 Å². The molecule has 2 N–H and O–H groups in total. The highest BCUT2D eigenvalue weighted by molar-refractivity contribution is 4.53. The number of nitrogens with two attached hydrogens (primary N) is 1. The van der Waals surface area contributed by atoms with E-state index in [2.05, 4.69) is 18.9 Å². The molecule has 0 saturated heterocycles. The number of hydrogen-bond donors (Lipinski definition) is 1. The highest BCUT2D eigenvalue weighted by atomic mass is 15.1. The number of rotatable bonds is 11. The number of nitrogens with zero attached hydrogens (tertiary/aromatic N) is 1. The summed E-state index contributed by atoms with van der Waals surface area (Å²) >= 11 is 0. The first-order valence-electron chi connectivity index (χ1n) is 6.70. The second-order valence-electron chi connectivity index (χ2n) is 4.57. The van der Waals surface area contributed by atoms with Crippen LogP contribution in [0.5, 0.6) is 0 Å². The molecule has 0 bridgehead atoms. The number of hydrogen-bond acceptors (Lipinski definition) is 2. The molecule has 0 aromatic carbocycles. The van der Waals surface area contributed by atoms with Gasteiger partial charge in [-0.2, -0.15) is 0 Å². The highest BCUT2D eigenvalue weighted by Crippen LogP contribution is 2.04. The fourth-order valence-electron chi connectivity index (χ4n) is 1.80. The van der Waals surface area contributed by atoms with Crippen LogP contribution in [0.4, 0.5) is 0 Å². The lowest BCUT2D eigenvalue weighted by Crippen LogP contribution is -2.21. The van der Waals surface area contributed by atoms with Crippen molar-refractivity contribution >= 4 is 0 Å². The predicted octanol–water partition coefficient (Wildman–Crippen LogP) is 3.02. The Hall–Kier alpha value is -0.0800. The van der Waals surface area contributed by atoms with Crippen molar-refractivity contribution < 1.29 is 0 Å². The van der Waals surface area contributed by atoms with E-state index in [-0.39, 0.29) is 0 Å². The van der Waals surface area contributed by atoms with Gasteiger partial charge in [-0.15, -0.1) is 0 Å². The molecule has 0 heterocycles. The molecule has 0 fully saturated rings. The molecule has 0 spiro atoms. The van der Waals surface area contributed by atoms with E-state index in [0.29, 0.717) is 0 Å². The maximum atomic E-state index is 5.46. The van der Waals surface area contributed by atoms with Gasteiger partial charge in [0.15, 0.2) is 0 Å². The van der Waals surface area contributed by atoms with Gasteiger partial charge in [0.05, 0.1) is 0 Å². The lowest BCUT2D eigenvalue weighted by Gasteiger charge is -2.16. The van der Waals surface area contributed by atoms with Gasteiger partial charge in [-0.3, -0.25) is 0 Å². The Balaban J connectivity index is 3.08. The van der Waals surface area contributed by atoms with Crippen LogP contribution in [0, 0.1) is 0 Å². The van der Waals surface area contributed by atoms with Gasteiger partial charge in [0.1, 0.15) is 0 Å². The summed E-state index contributed by atoms with van der Waals surface area (Å²) in [6.45, 7) is 5.63. The standard InChI is InChI=1S/C13H30N2/c1-3-4-5-6-9-12-15(2)13-10-7-8-11-14/h3-14H2,1-2H3. The first kappa shape index (κ1) is 14.9. The molecule has 0 aromatic heterocycles. The Bertz CT molecular complexity index is 115. The smallest absolute Gasteiger partial charge is 0.00218 e. The summed E-state index contributed by atoms with van der Waals surface area (Å²) in [6.07, 6.45) is 10.7. The third kappa shape index (κ3) is 11.8. The van der Waals surface area contributed by atoms with E-state index < -0.39 is 0 Å². The molecular formula is C13H30N2. The van der Waals surface area contributed by atoms with E-state index >= 15 is 0 Å². The topological polar surface area (TPSA) is 29.3 Å². The second-order valence-corrected chi connectivity index (χ2v) is 4.57. The van der Waals surface area contributed by atoms with Crippen LogP contribution in [-0.4, -0.2) is 31.6 Å². The molecule has 0 aliphatic carbocycles. The van der Waals surface area contributed by atoms with Crippen molar-refractivity contribution in [3.05, 3.63) is 0 Å². The first-order chi connectivity index (χ1) is 7.31. The van der Waals surface area contributed by atoms with Gasteiger partial charge in [-0.05, 0) is 45.9 Å². The molecule has 2 nitrogen and oxygen atoms in total. The van der Waals surface area contributed by atoms with Crippen LogP contribution in [0.2, 0.25) is 0 Å². The van der Waals surface area contributed by atoms with Crippen LogP contribution in [0.15, 0.2) is 0 Å². The largest absolute Gasteiger partial charge is 0.330 e. The van der Waals surface area contributed by atoms with E-state index in [1.54, 1.807) is 0 Å². The summed E-state index contributed by atoms with van der Waals surface area (Å²) in [5.41, 5.74) is 5.46. The summed E-state index contributed by atoms with van der Waals surface area (Å²) in [6, 6.07) is 0. The van der Waals surface area contributed by atoms with Crippen molar-refractivity contribution in [2.75, 3.05) is 26.7 Å². The molecule has 0 amide bonds. The zero-order valence-corrected chi connectivity index (χ0v) is 10.8. The highest BCUT2D eigenvalue weighted by Gasteiger charge is 1.97. The molecule has 0 radical (unpaired) electrons. The van der Waals surface area contributed by atoms with Gasteiger partial charge in [-0.25, -0.2) is 0 Å². The third-order valence-electron chi connectivity index (χ3n) is 2.89. The first-order valence-corrected chi connectivity index (χ1v) is 6.70. The second kappa shape index (κ2) is 12.0. The molecule has 0 unspecified atom stereocenters. The van der Waals surface area contributed by atoms with Gasteiger partial charge < -0.3 is 10.6 Å². The molecule has 2 heteroatoms. The Morgan fingerprint density at radius 3 is 1.87 bits per heavy atom. The minimum atomic E-state index is 0.848. The van der Waals surface area contributed by atoms with Crippen molar-refractivity contribution in [2.45, 2.75) is 58.3 Å². The molecule has 0 aromatic rings. The Morgan fingerprint density at radius 2 is 1.33 bits per heavy atom. The summed E-state index contributed by atoms with van der Waals surface area (Å²) in [7, 11) is 2.24. The average Bonchev–Trinajstić information content (AvgIpc) is 2.24. The lowest BCUT2D eigenvalue weighted by molar-refractivity contribution is 0.315. The van der Waals surface area contributed by atoms with E-state index in [0.717, 1.165) is 6.54 Å². The van der Waals surface area contributed by atoms with Crippen molar-refractivity contribution in [3.63, 3.8) is 0 Å². The van der Waals surface area contributed by atoms with Crippen molar-refractivity contribution in [2.24, 2.45) is 5.73 Å². The molecule has 0 aliphatic heterocycles. The summed E-state index contributed by atoms with van der Waals surface area (Å²) < 4.78 is 0. The normalized spacial score (nSPS) is 11.2. The maximum Gasteiger partial charge on any atom is -0.00218 e. The Morgan fingerprint density at radius 1 is 0.800 bits per heavy atom. The fraction of sp³-hybridized carbons (Fsp3) is 1.00. The molecule has 15 heavy (non-hydrogen) atoms. The minimum Gasteiger partial charge on any atom is -0.330 e. The van der Waals surface area contributed by atoms with Crippen molar-refractivity contribution in [1.82, 2.24) is 4.90 Å². The number of unbranched alkanes of at least 4 members (excludes halogenated alkanes) is 6. The molecule has 92 valence electrons. The van der Waals surface area contributed by atoms with Crippen molar-refractivity contribution in [3.8, 4) is 0 Å². The van der Waals surface area contributed by atoms with Crippen LogP contribution in [0.3, 0.4) is 0 Å². The van der Waals surface area contributed by atoms with Crippen LogP contribution in [0.25, 0.3) is 0 Å². The molecule has 0 atom stereocenters. The Labute approximate surface area is 96.2 Å². The molecule has 0 aliphatic rings. The van der Waals surface area contributed by atoms with Gasteiger partial charge in [0.25, 0.3) is 0 Å². The van der Waals surface area contributed by atoms with Gasteiger partial charge in [0, 0.05) is 0 Å². The zero-order valence-electron chi connectivity index (χ0n) is 10.8. The lowest BCUT2D eigenvalue weighted by atomic mass is 10.1. The van der Waals surface area contributed by atoms with E-state index in [4.69, 9.17) is 5.73 Å². The molecular weight excluding hydrogens is 184 g/mol. The third-order valence-corrected chi connectivity index (χ3v) is 2.89. The summed E-state index contributed by atoms with van der Waals surface area (Å²) in [5.74, 6) is 0. The zero-order chi connectivity index (χ0) is 11.4. The van der Waals surface area contributed by atoms with Crippen LogP contribution >= 0.6 is 0 Å². The molecule has 0 rings (SSSR count). The van der Waals surface area contributed by atoms with Gasteiger partial charge in [0.2, 0.25) is 0 Å². The summed E-state index contributed by atoms with van der Waals surface area (Å²) in [5, 5.41) is 0. The quantitative estimate of drug-likeness (QED) is 0.536. The summed E-state index contributed by atoms with van der Waals surface area (Å²) in [4.78, 5) is 2.46. The van der Waals surface area contributed by atoms with E-state index in [1.165, 1.54) is 64.5 Å². The fourth-order valence-corrected chi connectivity index (χ4v) is 1.80. The molecule has 0 saturated carbocycles. The maximum absolute atomic E-state index is 5.46. The monoisotopic (exact) mass is 214 g/mol. The Kier molecular flexibility index (Phi) is 11.9. The SMILES string of the molecule is CCCCCCCN(C)CCCCCN. The van der Waals surface area contributed by atoms with E-state index in [9.17, 15) is 0 Å². The average molecular weight is 214 g/mol. The van der Waals surface area contributed by atoms with Crippen LogP contribution < -0.4 is 5.73 Å². The predicted molar refractivity (Wildman–Crippen MR) is 69.2 cm³/mol. The van der Waals surface area contributed by atoms with Crippen molar-refractivity contribution in [1.29, 1.82) is 0 Å². The van der Waals surface area contributed by atoms with Crippen LogP contribution in [-0.2, 0) is 0 Å². The minimum absolute atomic E-state index is 0.848. The van der Waals surface area contributed by atoms with Gasteiger partial charge in [-0.1, -0.05) is 39.0 Å². The van der Waals surface area contributed by atoms with E-state index in [1.807, 2.05) is 0 Å². The van der Waals surface area contributed by atoms with Gasteiger partial charge >= 0.3 is 0 Å².